The van der Waals surface area contributed by atoms with Gasteiger partial charge in [-0.15, -0.1) is 0 Å². The fourth-order valence-electron chi connectivity index (χ4n) is 4.85. The van der Waals surface area contributed by atoms with E-state index in [1.807, 2.05) is 54.9 Å². The Kier molecular flexibility index (Phi) is 6.59. The van der Waals surface area contributed by atoms with Gasteiger partial charge >= 0.3 is 0 Å². The molecule has 0 atom stereocenters. The minimum absolute atomic E-state index is 0.0463. The van der Waals surface area contributed by atoms with Crippen LogP contribution < -0.4 is 10.6 Å². The van der Waals surface area contributed by atoms with Crippen molar-refractivity contribution in [1.29, 1.82) is 5.26 Å². The first-order valence-electron chi connectivity index (χ1n) is 12.5. The largest absolute Gasteiger partial charge is 0.384 e. The predicted molar refractivity (Wildman–Crippen MR) is 140 cm³/mol. The van der Waals surface area contributed by atoms with Crippen molar-refractivity contribution in [3.63, 3.8) is 0 Å². The summed E-state index contributed by atoms with van der Waals surface area (Å²) in [7, 11) is 0. The van der Waals surface area contributed by atoms with Crippen LogP contribution in [0.15, 0.2) is 61.2 Å². The third kappa shape index (κ3) is 5.01. The minimum Gasteiger partial charge on any atom is -0.384 e. The van der Waals surface area contributed by atoms with Crippen LogP contribution >= 0.6 is 0 Å². The van der Waals surface area contributed by atoms with Gasteiger partial charge in [0.15, 0.2) is 0 Å². The van der Waals surface area contributed by atoms with Crippen molar-refractivity contribution < 1.29 is 9.90 Å². The number of aliphatic hydroxyl groups is 1. The van der Waals surface area contributed by atoms with E-state index < -0.39 is 5.60 Å². The summed E-state index contributed by atoms with van der Waals surface area (Å²) in [6.07, 6.45) is 9.04. The molecule has 0 unspecified atom stereocenters. The van der Waals surface area contributed by atoms with Gasteiger partial charge in [0.05, 0.1) is 22.5 Å². The number of hydrogen-bond acceptors (Lipinski definition) is 7. The van der Waals surface area contributed by atoms with E-state index >= 15 is 0 Å². The number of aromatic nitrogens is 4. The summed E-state index contributed by atoms with van der Waals surface area (Å²) in [5.41, 5.74) is 2.03. The summed E-state index contributed by atoms with van der Waals surface area (Å²) in [6.45, 7) is 4.02. The number of hydrogen-bond donors (Lipinski definition) is 3. The van der Waals surface area contributed by atoms with Gasteiger partial charge in [-0.1, -0.05) is 6.07 Å². The van der Waals surface area contributed by atoms with Crippen molar-refractivity contribution in [2.24, 2.45) is 0 Å². The molecule has 0 bridgehead atoms. The molecule has 0 aromatic carbocycles. The Morgan fingerprint density at radius 3 is 2.68 bits per heavy atom. The predicted octanol–water partition coefficient (Wildman–Crippen LogP) is 4.07. The van der Waals surface area contributed by atoms with Gasteiger partial charge in [-0.2, -0.15) is 5.26 Å². The fraction of sp³-hybridized carbons (Fsp3) is 0.321. The number of carbonyl (C=O) groups is 1. The highest BCUT2D eigenvalue weighted by molar-refractivity contribution is 5.99. The van der Waals surface area contributed by atoms with E-state index in [0.29, 0.717) is 59.7 Å². The molecule has 3 N–H and O–H groups in total. The SMILES string of the molecule is CC(C)Nc1cc(-n2ccc3cc(C#N)cnc32)ncc1C(=O)N[C@H]1CC[C@](O)(c2ccccn2)CC1. The molecule has 4 aromatic heterocycles. The molecule has 1 aliphatic rings. The van der Waals surface area contributed by atoms with Crippen molar-refractivity contribution in [3.05, 3.63) is 78.0 Å². The monoisotopic (exact) mass is 495 g/mol. The summed E-state index contributed by atoms with van der Waals surface area (Å²) < 4.78 is 1.84. The van der Waals surface area contributed by atoms with Crippen molar-refractivity contribution in [1.82, 2.24) is 24.8 Å². The molecule has 1 amide bonds. The molecule has 1 aliphatic carbocycles. The lowest BCUT2D eigenvalue weighted by Gasteiger charge is -2.36. The average molecular weight is 496 g/mol. The molecule has 4 aromatic rings. The van der Waals surface area contributed by atoms with Crippen LogP contribution in [0.3, 0.4) is 0 Å². The molecule has 0 aliphatic heterocycles. The highest BCUT2D eigenvalue weighted by atomic mass is 16.3. The molecule has 9 heteroatoms. The van der Waals surface area contributed by atoms with E-state index in [9.17, 15) is 9.90 Å². The zero-order chi connectivity index (χ0) is 26.0. The summed E-state index contributed by atoms with van der Waals surface area (Å²) in [4.78, 5) is 26.6. The Hall–Kier alpha value is -4.29. The summed E-state index contributed by atoms with van der Waals surface area (Å²) >= 11 is 0. The molecule has 1 saturated carbocycles. The lowest BCUT2D eigenvalue weighted by Crippen LogP contribution is -2.42. The molecule has 1 fully saturated rings. The maximum atomic E-state index is 13.3. The molecule has 0 radical (unpaired) electrons. The fourth-order valence-corrected chi connectivity index (χ4v) is 4.85. The molecule has 37 heavy (non-hydrogen) atoms. The normalized spacial score (nSPS) is 19.5. The van der Waals surface area contributed by atoms with E-state index in [0.717, 1.165) is 5.39 Å². The number of anilines is 1. The maximum Gasteiger partial charge on any atom is 0.255 e. The number of nitrogens with zero attached hydrogens (tertiary/aromatic N) is 5. The zero-order valence-corrected chi connectivity index (χ0v) is 20.8. The molecule has 0 saturated heterocycles. The quantitative estimate of drug-likeness (QED) is 0.368. The molecular weight excluding hydrogens is 466 g/mol. The Morgan fingerprint density at radius 2 is 1.97 bits per heavy atom. The molecule has 188 valence electrons. The van der Waals surface area contributed by atoms with Gasteiger partial charge in [-0.3, -0.25) is 14.3 Å². The van der Waals surface area contributed by atoms with Crippen LogP contribution in [-0.4, -0.2) is 42.6 Å². The molecular formula is C28H29N7O2. The Morgan fingerprint density at radius 1 is 1.16 bits per heavy atom. The Bertz CT molecular complexity index is 1470. The number of carbonyl (C=O) groups excluding carboxylic acids is 1. The summed E-state index contributed by atoms with van der Waals surface area (Å²) in [5, 5.41) is 27.6. The van der Waals surface area contributed by atoms with Crippen molar-refractivity contribution in [2.75, 3.05) is 5.32 Å². The smallest absolute Gasteiger partial charge is 0.255 e. The lowest BCUT2D eigenvalue weighted by molar-refractivity contribution is -0.0118. The van der Waals surface area contributed by atoms with E-state index in [2.05, 4.69) is 31.7 Å². The topological polar surface area (TPSA) is 129 Å². The van der Waals surface area contributed by atoms with Crippen LogP contribution in [0.2, 0.25) is 0 Å². The van der Waals surface area contributed by atoms with Crippen LogP contribution in [0.25, 0.3) is 16.9 Å². The number of fused-ring (bicyclic) bond motifs is 1. The maximum absolute atomic E-state index is 13.3. The van der Waals surface area contributed by atoms with Gasteiger partial charge in [0.25, 0.3) is 5.91 Å². The molecule has 5 rings (SSSR count). The third-order valence-corrected chi connectivity index (χ3v) is 6.77. The van der Waals surface area contributed by atoms with Crippen molar-refractivity contribution >= 4 is 22.6 Å². The van der Waals surface area contributed by atoms with Gasteiger partial charge in [0.2, 0.25) is 0 Å². The Balaban J connectivity index is 1.35. The van der Waals surface area contributed by atoms with E-state index in [1.54, 1.807) is 18.5 Å². The second-order valence-corrected chi connectivity index (χ2v) is 9.82. The standard InChI is InChI=1S/C28H29N7O2/c1-18(2)33-23-14-25(35-12-8-20-13-19(15-29)16-32-26(20)35)31-17-22(23)27(36)34-21-6-9-28(37,10-7-21)24-5-3-4-11-30-24/h3-5,8,11-14,16-18,21,37H,6-7,9-10H2,1-2H3,(H,31,33)(H,34,36)/t21-,28+. The second-order valence-electron chi connectivity index (χ2n) is 9.82. The highest BCUT2D eigenvalue weighted by Crippen LogP contribution is 2.36. The third-order valence-electron chi connectivity index (χ3n) is 6.77. The minimum atomic E-state index is -0.961. The summed E-state index contributed by atoms with van der Waals surface area (Å²) in [6, 6.07) is 13.2. The van der Waals surface area contributed by atoms with Crippen LogP contribution in [0.4, 0.5) is 5.69 Å². The highest BCUT2D eigenvalue weighted by Gasteiger charge is 2.36. The molecule has 9 nitrogen and oxygen atoms in total. The lowest BCUT2D eigenvalue weighted by atomic mass is 9.80. The van der Waals surface area contributed by atoms with E-state index in [1.165, 1.54) is 6.20 Å². The van der Waals surface area contributed by atoms with Gasteiger partial charge in [-0.25, -0.2) is 9.97 Å². The first-order valence-corrected chi connectivity index (χ1v) is 12.5. The number of amides is 1. The van der Waals surface area contributed by atoms with Gasteiger partial charge in [0, 0.05) is 48.3 Å². The molecule has 4 heterocycles. The van der Waals surface area contributed by atoms with Crippen LogP contribution in [0.1, 0.15) is 61.1 Å². The molecule has 0 spiro atoms. The average Bonchev–Trinajstić information content (AvgIpc) is 3.33. The van der Waals surface area contributed by atoms with Gasteiger partial charge in [-0.05, 0) is 63.8 Å². The van der Waals surface area contributed by atoms with E-state index in [-0.39, 0.29) is 18.0 Å². The van der Waals surface area contributed by atoms with Crippen LogP contribution in [0, 0.1) is 11.3 Å². The summed E-state index contributed by atoms with van der Waals surface area (Å²) in [5.74, 6) is 0.412. The number of nitrogens with one attached hydrogen (secondary N) is 2. The first kappa shape index (κ1) is 24.4. The van der Waals surface area contributed by atoms with Crippen molar-refractivity contribution in [3.8, 4) is 11.9 Å². The second kappa shape index (κ2) is 9.99. The first-order chi connectivity index (χ1) is 17.9. The van der Waals surface area contributed by atoms with Crippen LogP contribution in [0.5, 0.6) is 0 Å². The zero-order valence-electron chi connectivity index (χ0n) is 20.8. The van der Waals surface area contributed by atoms with Crippen LogP contribution in [-0.2, 0) is 5.60 Å². The number of pyridine rings is 3. The van der Waals surface area contributed by atoms with E-state index in [4.69, 9.17) is 5.26 Å². The number of rotatable bonds is 6. The Labute approximate surface area is 215 Å². The van der Waals surface area contributed by atoms with Gasteiger partial charge in [0.1, 0.15) is 23.1 Å². The van der Waals surface area contributed by atoms with Crippen molar-refractivity contribution in [2.45, 2.75) is 57.2 Å². The number of nitriles is 1. The van der Waals surface area contributed by atoms with Gasteiger partial charge < -0.3 is 15.7 Å².